The molecule has 1 saturated heterocycles. The van der Waals surface area contributed by atoms with E-state index in [-0.39, 0.29) is 23.9 Å². The molecule has 0 aliphatic carbocycles. The van der Waals surface area contributed by atoms with Crippen molar-refractivity contribution in [3.63, 3.8) is 0 Å². The number of ether oxygens (including phenoxy) is 3. The number of halogens is 2. The van der Waals surface area contributed by atoms with Gasteiger partial charge in [0.2, 0.25) is 0 Å². The number of methoxy groups -OCH3 is 2. The van der Waals surface area contributed by atoms with Crippen molar-refractivity contribution in [2.24, 2.45) is 5.92 Å². The lowest BCUT2D eigenvalue weighted by molar-refractivity contribution is 0.0826. The Morgan fingerprint density at radius 1 is 1.20 bits per heavy atom. The molecular formula is C19H19ClFNO3. The van der Waals surface area contributed by atoms with Gasteiger partial charge in [0, 0.05) is 23.8 Å². The van der Waals surface area contributed by atoms with Crippen LogP contribution < -0.4 is 14.8 Å². The zero-order valence-corrected chi connectivity index (χ0v) is 14.8. The number of nitrogens with one attached hydrogen (secondary N) is 1. The molecule has 0 aromatic heterocycles. The standard InChI is InChI=1S/C19H19ClFNO3/c1-23-16-8-10(7-14(20)19(16)24-2)17-12-5-6-25-18(12)13-9-11(21)3-4-15(13)22-17/h3-4,7-9,12,17-18,22H,5-6H2,1-2H3/t12-,17+,18-/m0/s1. The van der Waals surface area contributed by atoms with E-state index in [1.165, 1.54) is 6.07 Å². The molecule has 0 amide bonds. The molecule has 132 valence electrons. The van der Waals surface area contributed by atoms with Gasteiger partial charge in [0.05, 0.1) is 31.4 Å². The van der Waals surface area contributed by atoms with Gasteiger partial charge in [-0.3, -0.25) is 0 Å². The van der Waals surface area contributed by atoms with Crippen LogP contribution >= 0.6 is 11.6 Å². The lowest BCUT2D eigenvalue weighted by atomic mass is 9.81. The first-order chi connectivity index (χ1) is 12.1. The fraction of sp³-hybridized carbons (Fsp3) is 0.368. The first-order valence-corrected chi connectivity index (χ1v) is 8.59. The molecule has 6 heteroatoms. The zero-order chi connectivity index (χ0) is 17.6. The third-order valence-corrected chi connectivity index (χ3v) is 5.29. The fourth-order valence-corrected chi connectivity index (χ4v) is 4.19. The lowest BCUT2D eigenvalue weighted by Crippen LogP contribution is -2.29. The third kappa shape index (κ3) is 2.71. The summed E-state index contributed by atoms with van der Waals surface area (Å²) in [6, 6.07) is 8.61. The number of hydrogen-bond donors (Lipinski definition) is 1. The summed E-state index contributed by atoms with van der Waals surface area (Å²) in [5.41, 5.74) is 2.77. The summed E-state index contributed by atoms with van der Waals surface area (Å²) in [6.07, 6.45) is 0.772. The Morgan fingerprint density at radius 3 is 2.80 bits per heavy atom. The van der Waals surface area contributed by atoms with Gasteiger partial charge < -0.3 is 19.5 Å². The molecule has 25 heavy (non-hydrogen) atoms. The lowest BCUT2D eigenvalue weighted by Gasteiger charge is -2.36. The Morgan fingerprint density at radius 2 is 2.04 bits per heavy atom. The molecule has 2 aliphatic rings. The molecule has 2 aromatic rings. The van der Waals surface area contributed by atoms with Crippen molar-refractivity contribution in [3.05, 3.63) is 52.3 Å². The van der Waals surface area contributed by atoms with Crippen molar-refractivity contribution in [1.29, 1.82) is 0 Å². The molecule has 2 heterocycles. The van der Waals surface area contributed by atoms with E-state index in [2.05, 4.69) is 5.32 Å². The smallest absolute Gasteiger partial charge is 0.179 e. The number of hydrogen-bond acceptors (Lipinski definition) is 4. The molecule has 3 atom stereocenters. The summed E-state index contributed by atoms with van der Waals surface area (Å²) >= 11 is 6.38. The van der Waals surface area contributed by atoms with Crippen LogP contribution in [-0.2, 0) is 4.74 Å². The number of fused-ring (bicyclic) bond motifs is 3. The summed E-state index contributed by atoms with van der Waals surface area (Å²) < 4.78 is 30.4. The molecule has 0 bridgehead atoms. The summed E-state index contributed by atoms with van der Waals surface area (Å²) in [4.78, 5) is 0. The van der Waals surface area contributed by atoms with Crippen LogP contribution in [0.15, 0.2) is 30.3 Å². The highest BCUT2D eigenvalue weighted by molar-refractivity contribution is 6.32. The largest absolute Gasteiger partial charge is 0.493 e. The molecule has 0 spiro atoms. The first kappa shape index (κ1) is 16.5. The van der Waals surface area contributed by atoms with Gasteiger partial charge in [-0.05, 0) is 42.3 Å². The molecule has 2 aromatic carbocycles. The van der Waals surface area contributed by atoms with Crippen LogP contribution in [0.3, 0.4) is 0 Å². The second-order valence-electron chi connectivity index (χ2n) is 6.34. The summed E-state index contributed by atoms with van der Waals surface area (Å²) in [6.45, 7) is 0.657. The Bertz CT molecular complexity index is 813. The van der Waals surface area contributed by atoms with Crippen LogP contribution in [0.25, 0.3) is 0 Å². The van der Waals surface area contributed by atoms with E-state index in [4.69, 9.17) is 25.8 Å². The van der Waals surface area contributed by atoms with Crippen molar-refractivity contribution in [2.45, 2.75) is 18.6 Å². The van der Waals surface area contributed by atoms with Gasteiger partial charge in [0.25, 0.3) is 0 Å². The van der Waals surface area contributed by atoms with Crippen molar-refractivity contribution in [2.75, 3.05) is 26.1 Å². The molecule has 4 nitrogen and oxygen atoms in total. The molecule has 1 N–H and O–H groups in total. The molecule has 2 aliphatic heterocycles. The van der Waals surface area contributed by atoms with Gasteiger partial charge in [-0.25, -0.2) is 4.39 Å². The minimum absolute atomic E-state index is 0.00256. The highest BCUT2D eigenvalue weighted by Gasteiger charge is 2.42. The molecular weight excluding hydrogens is 345 g/mol. The van der Waals surface area contributed by atoms with E-state index in [9.17, 15) is 4.39 Å². The van der Waals surface area contributed by atoms with E-state index < -0.39 is 0 Å². The second-order valence-corrected chi connectivity index (χ2v) is 6.74. The monoisotopic (exact) mass is 363 g/mol. The molecule has 4 rings (SSSR count). The van der Waals surface area contributed by atoms with E-state index in [1.807, 2.05) is 12.1 Å². The van der Waals surface area contributed by atoms with Crippen LogP contribution in [-0.4, -0.2) is 20.8 Å². The fourth-order valence-electron chi connectivity index (χ4n) is 3.89. The van der Waals surface area contributed by atoms with E-state index >= 15 is 0 Å². The molecule has 0 unspecified atom stereocenters. The minimum atomic E-state index is -0.248. The van der Waals surface area contributed by atoms with Crippen LogP contribution in [0, 0.1) is 11.7 Å². The van der Waals surface area contributed by atoms with E-state index in [0.717, 1.165) is 23.2 Å². The normalized spacial score (nSPS) is 24.2. The zero-order valence-electron chi connectivity index (χ0n) is 14.0. The molecule has 1 fully saturated rings. The Labute approximate surface area is 150 Å². The van der Waals surface area contributed by atoms with Crippen molar-refractivity contribution < 1.29 is 18.6 Å². The van der Waals surface area contributed by atoms with E-state index in [0.29, 0.717) is 23.1 Å². The number of benzene rings is 2. The highest BCUT2D eigenvalue weighted by Crippen LogP contribution is 2.51. The predicted molar refractivity (Wildman–Crippen MR) is 94.1 cm³/mol. The van der Waals surface area contributed by atoms with Gasteiger partial charge in [0.1, 0.15) is 5.82 Å². The number of rotatable bonds is 3. The average Bonchev–Trinajstić information content (AvgIpc) is 3.10. The first-order valence-electron chi connectivity index (χ1n) is 8.21. The summed E-state index contributed by atoms with van der Waals surface area (Å²) in [5, 5.41) is 4.03. The van der Waals surface area contributed by atoms with Crippen LogP contribution in [0.2, 0.25) is 5.02 Å². The van der Waals surface area contributed by atoms with Crippen LogP contribution in [0.1, 0.15) is 29.7 Å². The second kappa shape index (κ2) is 6.39. The van der Waals surface area contributed by atoms with Gasteiger partial charge in [-0.2, -0.15) is 0 Å². The summed E-state index contributed by atoms with van der Waals surface area (Å²) in [5.74, 6) is 1.06. The molecule has 0 radical (unpaired) electrons. The quantitative estimate of drug-likeness (QED) is 0.855. The Kier molecular flexibility index (Phi) is 4.21. The predicted octanol–water partition coefficient (Wildman–Crippen LogP) is 4.74. The average molecular weight is 364 g/mol. The highest BCUT2D eigenvalue weighted by atomic mass is 35.5. The van der Waals surface area contributed by atoms with Gasteiger partial charge in [-0.15, -0.1) is 0 Å². The van der Waals surface area contributed by atoms with Crippen molar-refractivity contribution in [3.8, 4) is 11.5 Å². The maximum atomic E-state index is 13.7. The van der Waals surface area contributed by atoms with Crippen molar-refractivity contribution >= 4 is 17.3 Å². The Balaban J connectivity index is 1.78. The third-order valence-electron chi connectivity index (χ3n) is 5.01. The SMILES string of the molecule is COc1cc([C@H]2Nc3ccc(F)cc3[C@H]3OCC[C@@H]23)cc(Cl)c1OC. The van der Waals surface area contributed by atoms with Crippen LogP contribution in [0.5, 0.6) is 11.5 Å². The van der Waals surface area contributed by atoms with Gasteiger partial charge in [0.15, 0.2) is 11.5 Å². The maximum absolute atomic E-state index is 13.7. The number of anilines is 1. The maximum Gasteiger partial charge on any atom is 0.179 e. The topological polar surface area (TPSA) is 39.7 Å². The van der Waals surface area contributed by atoms with Crippen molar-refractivity contribution in [1.82, 2.24) is 0 Å². The minimum Gasteiger partial charge on any atom is -0.493 e. The Hall–Kier alpha value is -1.98. The van der Waals surface area contributed by atoms with Crippen LogP contribution in [0.4, 0.5) is 10.1 Å². The van der Waals surface area contributed by atoms with Gasteiger partial charge in [-0.1, -0.05) is 11.6 Å². The van der Waals surface area contributed by atoms with Gasteiger partial charge >= 0.3 is 0 Å². The summed E-state index contributed by atoms with van der Waals surface area (Å²) in [7, 11) is 3.15. The van der Waals surface area contributed by atoms with E-state index in [1.54, 1.807) is 26.4 Å². The molecule has 0 saturated carbocycles.